The largest absolute Gasteiger partial charge is 5.00 e. The van der Waals surface area contributed by atoms with E-state index in [9.17, 15) is 0 Å². The van der Waals surface area contributed by atoms with Gasteiger partial charge in [-0.3, -0.25) is 0 Å². The van der Waals surface area contributed by atoms with Crippen molar-refractivity contribution in [3.63, 3.8) is 0 Å². The third kappa shape index (κ3) is 321. The van der Waals surface area contributed by atoms with Crippen LogP contribution in [0.3, 0.4) is 0 Å². The first-order valence-electron chi connectivity index (χ1n) is 0. The van der Waals surface area contributed by atoms with Crippen LogP contribution in [0.1, 0.15) is 0 Å². The molecule has 0 aromatic heterocycles. The molecule has 0 amide bonds. The van der Waals surface area contributed by atoms with Crippen molar-refractivity contribution in [1.82, 2.24) is 0 Å². The summed E-state index contributed by atoms with van der Waals surface area (Å²) in [6, 6.07) is 0. The van der Waals surface area contributed by atoms with E-state index in [4.69, 9.17) is 0 Å². The summed E-state index contributed by atoms with van der Waals surface area (Å²) in [5.74, 6) is 0. The molecule has 0 aliphatic carbocycles. The first kappa shape index (κ1) is 445. The molecule has 16 heteroatoms. The minimum Gasteiger partial charge on any atom is -3.00 e. The minimum atomic E-state index is 0. The average Bonchev–Trinajstić information content (AvgIpc) is 0. The Morgan fingerprint density at radius 1 is 0.188 bits per heavy atom. The van der Waals surface area contributed by atoms with Crippen LogP contribution in [0.5, 0.6) is 0 Å². The molecular formula is N10Nb3Ta3. The smallest absolute Gasteiger partial charge is 3.00 e. The molecule has 80 valence electrons. The van der Waals surface area contributed by atoms with E-state index in [-0.39, 0.29) is 196 Å². The van der Waals surface area contributed by atoms with E-state index >= 15 is 0 Å². The Morgan fingerprint density at radius 2 is 0.188 bits per heavy atom. The van der Waals surface area contributed by atoms with Gasteiger partial charge in [0.1, 0.15) is 0 Å². The van der Waals surface area contributed by atoms with Gasteiger partial charge in [-0.1, -0.05) is 0 Å². The molecule has 0 atom stereocenters. The molecule has 0 spiro atoms. The van der Waals surface area contributed by atoms with Crippen molar-refractivity contribution >= 4 is 0 Å². The summed E-state index contributed by atoms with van der Waals surface area (Å²) < 4.78 is 0. The predicted octanol–water partition coefficient (Wildman–Crippen LogP) is 2.87. The van der Waals surface area contributed by atoms with Crippen molar-refractivity contribution < 1.29 is 134 Å². The quantitative estimate of drug-likeness (QED) is 0.317. The standard InChI is InChI=1S/10N.3Nb.3Ta/q10*-3;6*+5. The van der Waals surface area contributed by atoms with Crippen LogP contribution in [0.2, 0.25) is 0 Å². The second kappa shape index (κ2) is 379. The Hall–Kier alpha value is 4.04. The van der Waals surface area contributed by atoms with Crippen LogP contribution < -0.4 is 0 Å². The molecule has 0 radical (unpaired) electrons. The van der Waals surface area contributed by atoms with E-state index in [1.54, 1.807) is 0 Å². The van der Waals surface area contributed by atoms with Crippen LogP contribution in [0.15, 0.2) is 0 Å². The fourth-order valence-corrected chi connectivity index (χ4v) is 0. The van der Waals surface area contributed by atoms with Crippen LogP contribution in [-0.2, 0) is 134 Å². The molecule has 0 fully saturated rings. The molecule has 0 aromatic rings. The molecule has 16 heavy (non-hydrogen) atoms. The first-order valence-corrected chi connectivity index (χ1v) is 0. The van der Waals surface area contributed by atoms with Gasteiger partial charge in [-0.15, -0.1) is 0 Å². The molecule has 0 unspecified atom stereocenters. The summed E-state index contributed by atoms with van der Waals surface area (Å²) in [5.41, 5.74) is 0. The van der Waals surface area contributed by atoms with Gasteiger partial charge < -0.3 is 61.5 Å². The van der Waals surface area contributed by atoms with E-state index < -0.39 is 0 Å². The van der Waals surface area contributed by atoms with Crippen molar-refractivity contribution in [2.45, 2.75) is 0 Å². The number of hydrogen-bond acceptors (Lipinski definition) is 0. The van der Waals surface area contributed by atoms with Crippen molar-refractivity contribution in [3.8, 4) is 0 Å². The predicted molar refractivity (Wildman–Crippen MR) is 33.6 cm³/mol. The van der Waals surface area contributed by atoms with Crippen molar-refractivity contribution in [2.75, 3.05) is 0 Å². The Labute approximate surface area is 193 Å². The molecule has 0 aromatic carbocycles. The zero-order valence-electron chi connectivity index (χ0n) is 7.16. The van der Waals surface area contributed by atoms with E-state index in [0.29, 0.717) is 0 Å². The van der Waals surface area contributed by atoms with Gasteiger partial charge in [0.05, 0.1) is 0 Å². The maximum absolute atomic E-state index is 0. The molecule has 0 aliphatic heterocycles. The maximum atomic E-state index is 0. The average molecular weight is 962 g/mol. The third-order valence-corrected chi connectivity index (χ3v) is 0. The molecule has 0 saturated heterocycles. The molecule has 0 aliphatic rings. The van der Waals surface area contributed by atoms with E-state index in [1.807, 2.05) is 0 Å². The van der Waals surface area contributed by atoms with Crippen LogP contribution in [0.25, 0.3) is 61.5 Å². The van der Waals surface area contributed by atoms with Gasteiger partial charge in [0.25, 0.3) is 0 Å². The second-order valence-corrected chi connectivity index (χ2v) is 0. The van der Waals surface area contributed by atoms with Crippen molar-refractivity contribution in [2.24, 2.45) is 0 Å². The maximum Gasteiger partial charge on any atom is 5.00 e. The summed E-state index contributed by atoms with van der Waals surface area (Å²) in [4.78, 5) is 0. The van der Waals surface area contributed by atoms with E-state index in [2.05, 4.69) is 0 Å². The number of nitrogens with zero attached hydrogens (tertiary/aromatic N) is 10. The van der Waals surface area contributed by atoms with Crippen LogP contribution in [0, 0.1) is 0 Å². The SMILES string of the molecule is [N-3].[N-3].[N-3].[N-3].[N-3].[N-3].[N-3].[N-3].[N-3].[N-3].[Nb+5].[Nb+5].[Nb+5].[Ta+5].[Ta+5].[Ta+5]. The van der Waals surface area contributed by atoms with E-state index in [0.717, 1.165) is 0 Å². The summed E-state index contributed by atoms with van der Waals surface area (Å²) in [7, 11) is 0. The van der Waals surface area contributed by atoms with E-state index in [1.165, 1.54) is 0 Å². The van der Waals surface area contributed by atoms with Gasteiger partial charge in [0.15, 0.2) is 0 Å². The fraction of sp³-hybridized carbons (Fsp3) is 0. The monoisotopic (exact) mass is 962 g/mol. The molecule has 0 saturated carbocycles. The summed E-state index contributed by atoms with van der Waals surface area (Å²) in [6.45, 7) is 0. The van der Waals surface area contributed by atoms with Gasteiger partial charge in [-0.2, -0.15) is 0 Å². The van der Waals surface area contributed by atoms with Crippen LogP contribution in [-0.4, -0.2) is 0 Å². The molecule has 0 rings (SSSR count). The summed E-state index contributed by atoms with van der Waals surface area (Å²) >= 11 is 0. The zero-order chi connectivity index (χ0) is 0. The summed E-state index contributed by atoms with van der Waals surface area (Å²) in [6.07, 6.45) is 0. The number of rotatable bonds is 0. The van der Waals surface area contributed by atoms with Crippen molar-refractivity contribution in [1.29, 1.82) is 0 Å². The topological polar surface area (TPSA) is 305 Å². The molecule has 10 nitrogen and oxygen atoms in total. The summed E-state index contributed by atoms with van der Waals surface area (Å²) in [5, 5.41) is 0. The minimum absolute atomic E-state index is 0. The van der Waals surface area contributed by atoms with Crippen molar-refractivity contribution in [3.05, 3.63) is 61.5 Å². The Bertz CT molecular complexity index is 21.3. The van der Waals surface area contributed by atoms with Gasteiger partial charge in [0, 0.05) is 0 Å². The Kier molecular flexibility index (Phi) is 10600. The Morgan fingerprint density at radius 3 is 0.188 bits per heavy atom. The zero-order valence-corrected chi connectivity index (χ0v) is 23.4. The second-order valence-electron chi connectivity index (χ2n) is 0. The Balaban J connectivity index is 0. The van der Waals surface area contributed by atoms with Gasteiger partial charge in [0.2, 0.25) is 0 Å². The third-order valence-electron chi connectivity index (χ3n) is 0. The molecule has 0 heterocycles. The van der Waals surface area contributed by atoms with Crippen LogP contribution >= 0.6 is 0 Å². The first-order chi connectivity index (χ1) is 0. The molecular weight excluding hydrogens is 962 g/mol. The molecule has 0 N–H and O–H groups in total. The van der Waals surface area contributed by atoms with Gasteiger partial charge >= 0.3 is 134 Å². The fourth-order valence-electron chi connectivity index (χ4n) is 0. The van der Waals surface area contributed by atoms with Crippen LogP contribution in [0.4, 0.5) is 0 Å². The number of hydrogen-bond donors (Lipinski definition) is 0. The normalized spacial score (nSPS) is 0. The van der Waals surface area contributed by atoms with Gasteiger partial charge in [-0.25, -0.2) is 0 Å². The molecule has 0 bridgehead atoms. The van der Waals surface area contributed by atoms with Gasteiger partial charge in [-0.05, 0) is 0 Å².